The van der Waals surface area contributed by atoms with Gasteiger partial charge in [0.15, 0.2) is 0 Å². The number of fused-ring (bicyclic) bond motifs is 4. The Kier molecular flexibility index (Phi) is 3.14. The number of amides is 1. The number of benzene rings is 1. The maximum atomic E-state index is 13.8. The van der Waals surface area contributed by atoms with Crippen LogP contribution in [-0.2, 0) is 4.79 Å². The van der Waals surface area contributed by atoms with Crippen LogP contribution in [0, 0.1) is 24.6 Å². The second-order valence-corrected chi connectivity index (χ2v) is 7.93. The van der Waals surface area contributed by atoms with E-state index < -0.39 is 0 Å². The molecule has 3 N–H and O–H groups in total. The molecule has 1 saturated carbocycles. The molecule has 8 nitrogen and oxygen atoms in total. The second kappa shape index (κ2) is 5.53. The number of anilines is 1. The molecule has 1 saturated heterocycles. The van der Waals surface area contributed by atoms with Crippen LogP contribution in [0.2, 0.25) is 0 Å². The lowest BCUT2D eigenvalue weighted by atomic mass is 10.2. The molecule has 3 unspecified atom stereocenters. The highest BCUT2D eigenvalue weighted by Crippen LogP contribution is 2.50. The minimum atomic E-state index is -0.332. The molecule has 2 fully saturated rings. The van der Waals surface area contributed by atoms with E-state index in [-0.39, 0.29) is 17.8 Å². The number of rotatable bonds is 3. The molecule has 0 spiro atoms. The Balaban J connectivity index is 1.49. The number of nitrogens with one attached hydrogen (secondary N) is 1. The first-order valence-electron chi connectivity index (χ1n) is 9.56. The topological polar surface area (TPSA) is 106 Å². The Hall–Kier alpha value is -3.49. The summed E-state index contributed by atoms with van der Waals surface area (Å²) in [5, 5.41) is 7.80. The van der Waals surface area contributed by atoms with Crippen molar-refractivity contribution in [1.82, 2.24) is 24.7 Å². The number of hydrogen-bond acceptors (Lipinski definition) is 5. The van der Waals surface area contributed by atoms with Gasteiger partial charge in [0.2, 0.25) is 11.9 Å². The van der Waals surface area contributed by atoms with Gasteiger partial charge in [-0.15, -0.1) is 0 Å². The van der Waals surface area contributed by atoms with Gasteiger partial charge in [0.25, 0.3) is 0 Å². The third-order valence-corrected chi connectivity index (χ3v) is 6.21. The zero-order valence-corrected chi connectivity index (χ0v) is 15.6. The summed E-state index contributed by atoms with van der Waals surface area (Å²) >= 11 is 0. The van der Waals surface area contributed by atoms with E-state index in [1.165, 1.54) is 12.1 Å². The summed E-state index contributed by atoms with van der Waals surface area (Å²) in [5.41, 5.74) is 9.59. The molecule has 1 aromatic carbocycles. The molecule has 3 aromatic heterocycles. The number of piperidine rings is 1. The van der Waals surface area contributed by atoms with Crippen molar-refractivity contribution in [1.29, 1.82) is 0 Å². The highest BCUT2D eigenvalue weighted by Gasteiger charge is 2.55. The zero-order valence-electron chi connectivity index (χ0n) is 15.6. The van der Waals surface area contributed by atoms with Crippen LogP contribution < -0.4 is 10.6 Å². The van der Waals surface area contributed by atoms with Gasteiger partial charge in [-0.3, -0.25) is 9.89 Å². The maximum absolute atomic E-state index is 13.8. The summed E-state index contributed by atoms with van der Waals surface area (Å²) in [4.78, 5) is 23.1. The average Bonchev–Trinajstić information content (AvgIpc) is 3.05. The smallest absolute Gasteiger partial charge is 0.240 e. The molecule has 2 aliphatic rings. The minimum absolute atomic E-state index is 0.306. The largest absolute Gasteiger partial charge is 0.368 e. The number of primary amides is 1. The fourth-order valence-electron chi connectivity index (χ4n) is 4.78. The van der Waals surface area contributed by atoms with Gasteiger partial charge in [-0.1, -0.05) is 0 Å². The zero-order chi connectivity index (χ0) is 19.9. The van der Waals surface area contributed by atoms with E-state index in [0.717, 1.165) is 46.3 Å². The number of carbonyl (C=O) groups excluding carboxylic acids is 1. The predicted octanol–water partition coefficient (Wildman–Crippen LogP) is 2.05. The number of H-pyrrole nitrogens is 1. The van der Waals surface area contributed by atoms with Gasteiger partial charge in [0.05, 0.1) is 40.3 Å². The molecule has 3 atom stereocenters. The molecule has 146 valence electrons. The number of hydrogen-bond donors (Lipinski definition) is 2. The van der Waals surface area contributed by atoms with Crippen molar-refractivity contribution in [2.45, 2.75) is 19.4 Å². The van der Waals surface area contributed by atoms with Crippen LogP contribution in [0.15, 0.2) is 30.6 Å². The van der Waals surface area contributed by atoms with Gasteiger partial charge < -0.3 is 15.2 Å². The van der Waals surface area contributed by atoms with Gasteiger partial charge in [0, 0.05) is 11.9 Å². The molecule has 0 radical (unpaired) electrons. The number of nitrogens with two attached hydrogens (primary N) is 1. The normalized spacial score (nSPS) is 23.1. The van der Waals surface area contributed by atoms with Crippen LogP contribution in [0.3, 0.4) is 0 Å². The van der Waals surface area contributed by atoms with E-state index in [1.54, 1.807) is 18.5 Å². The molecule has 6 rings (SSSR count). The first-order valence-corrected chi connectivity index (χ1v) is 9.56. The Morgan fingerprint density at radius 1 is 1.31 bits per heavy atom. The van der Waals surface area contributed by atoms with Crippen molar-refractivity contribution in [2.75, 3.05) is 11.4 Å². The molecule has 29 heavy (non-hydrogen) atoms. The first kappa shape index (κ1) is 16.5. The fraction of sp³-hybridized carbons (Fsp3) is 0.300. The number of aryl methyl sites for hydroxylation is 1. The van der Waals surface area contributed by atoms with Crippen molar-refractivity contribution < 1.29 is 9.18 Å². The second-order valence-electron chi connectivity index (χ2n) is 7.93. The maximum Gasteiger partial charge on any atom is 0.240 e. The quantitative estimate of drug-likeness (QED) is 0.556. The summed E-state index contributed by atoms with van der Waals surface area (Å²) in [5.74, 6) is 0.724. The van der Waals surface area contributed by atoms with Crippen LogP contribution in [-0.4, -0.2) is 43.2 Å². The van der Waals surface area contributed by atoms with Gasteiger partial charge in [-0.2, -0.15) is 5.10 Å². The summed E-state index contributed by atoms with van der Waals surface area (Å²) in [6, 6.07) is 4.33. The fourth-order valence-corrected chi connectivity index (χ4v) is 4.78. The van der Waals surface area contributed by atoms with E-state index in [0.29, 0.717) is 17.8 Å². The number of aromatic amines is 1. The third kappa shape index (κ3) is 2.24. The number of nitrogens with zero attached hydrogens (tertiary/aromatic N) is 5. The van der Waals surface area contributed by atoms with Gasteiger partial charge in [-0.25, -0.2) is 14.4 Å². The Morgan fingerprint density at radius 2 is 2.17 bits per heavy atom. The van der Waals surface area contributed by atoms with Gasteiger partial charge in [0.1, 0.15) is 11.9 Å². The van der Waals surface area contributed by atoms with Crippen LogP contribution in [0.25, 0.3) is 27.6 Å². The molecule has 1 amide bonds. The Labute approximate surface area is 164 Å². The molecular weight excluding hydrogens is 373 g/mol. The van der Waals surface area contributed by atoms with Crippen molar-refractivity contribution in [3.05, 3.63) is 42.1 Å². The minimum Gasteiger partial charge on any atom is -0.368 e. The number of aromatic nitrogens is 5. The van der Waals surface area contributed by atoms with Crippen LogP contribution >= 0.6 is 0 Å². The predicted molar refractivity (Wildman–Crippen MR) is 105 cm³/mol. The van der Waals surface area contributed by atoms with Crippen molar-refractivity contribution in [2.24, 2.45) is 17.6 Å². The van der Waals surface area contributed by atoms with Crippen LogP contribution in [0.1, 0.15) is 12.1 Å². The van der Waals surface area contributed by atoms with E-state index in [9.17, 15) is 9.18 Å². The highest BCUT2D eigenvalue weighted by molar-refractivity contribution is 6.06. The lowest BCUT2D eigenvalue weighted by Crippen LogP contribution is -2.44. The Bertz CT molecular complexity index is 1310. The summed E-state index contributed by atoms with van der Waals surface area (Å²) < 4.78 is 15.8. The van der Waals surface area contributed by atoms with Gasteiger partial charge in [-0.05, 0) is 43.4 Å². The summed E-state index contributed by atoms with van der Waals surface area (Å²) in [6.45, 7) is 2.66. The van der Waals surface area contributed by atoms with Crippen molar-refractivity contribution in [3.63, 3.8) is 0 Å². The monoisotopic (exact) mass is 391 g/mol. The van der Waals surface area contributed by atoms with E-state index in [4.69, 9.17) is 10.7 Å². The summed E-state index contributed by atoms with van der Waals surface area (Å²) in [7, 11) is 0. The molecule has 4 heterocycles. The van der Waals surface area contributed by atoms with Crippen LogP contribution in [0.5, 0.6) is 0 Å². The van der Waals surface area contributed by atoms with Gasteiger partial charge >= 0.3 is 0 Å². The molecule has 1 aliphatic carbocycles. The first-order chi connectivity index (χ1) is 14.0. The molecule has 4 aromatic rings. The number of carbonyl (C=O) groups is 1. The standard InChI is InChI=1S/C20H18FN7O/c1-9-15(6-23-20(25-9)27-8-10-4-12(10)18(27)19(22)29)28-14-3-2-11(21)5-13(14)17-16(28)7-24-26-17/h2-3,5-7,10,12,18H,4,8H2,1H3,(H2,22,29)(H,24,26). The number of halogens is 1. The SMILES string of the molecule is Cc1nc(N2CC3CC3C2C(N)=O)ncc1-n1c2ccc(F)cc2c2[nH]ncc21. The van der Waals surface area contributed by atoms with Crippen molar-refractivity contribution >= 4 is 33.8 Å². The molecule has 1 aliphatic heterocycles. The van der Waals surface area contributed by atoms with E-state index in [2.05, 4.69) is 15.2 Å². The van der Waals surface area contributed by atoms with E-state index in [1.807, 2.05) is 16.4 Å². The lowest BCUT2D eigenvalue weighted by Gasteiger charge is -2.25. The van der Waals surface area contributed by atoms with E-state index >= 15 is 0 Å². The van der Waals surface area contributed by atoms with Crippen molar-refractivity contribution in [3.8, 4) is 5.69 Å². The third-order valence-electron chi connectivity index (χ3n) is 6.21. The molecular formula is C20H18FN7O. The van der Waals surface area contributed by atoms with Crippen LogP contribution in [0.4, 0.5) is 10.3 Å². The summed E-state index contributed by atoms with van der Waals surface area (Å²) in [6.07, 6.45) is 4.50. The average molecular weight is 391 g/mol. The lowest BCUT2D eigenvalue weighted by molar-refractivity contribution is -0.119. The molecule has 0 bridgehead atoms. The highest BCUT2D eigenvalue weighted by atomic mass is 19.1. The Morgan fingerprint density at radius 3 is 2.97 bits per heavy atom. The molecule has 9 heteroatoms.